The number of methoxy groups -OCH3 is 2. The van der Waals surface area contributed by atoms with Crippen LogP contribution in [0.4, 0.5) is 0 Å². The Morgan fingerprint density at radius 3 is 1.71 bits per heavy atom. The van der Waals surface area contributed by atoms with Crippen molar-refractivity contribution in [1.82, 2.24) is 0 Å². The topological polar surface area (TPSA) is 35.5 Å². The highest BCUT2D eigenvalue weighted by molar-refractivity contribution is 7.85. The number of ether oxygens (including phenoxy) is 2. The number of benzene rings is 5. The summed E-state index contributed by atoms with van der Waals surface area (Å²) in [7, 11) is 0.0954. The Kier molecular flexibility index (Phi) is 5.96. The third-order valence-electron chi connectivity index (χ3n) is 6.15. The van der Waals surface area contributed by atoms with Gasteiger partial charge in [0.2, 0.25) is 0 Å². The summed E-state index contributed by atoms with van der Waals surface area (Å²) in [6.07, 6.45) is 0. The molecule has 0 aliphatic heterocycles. The Morgan fingerprint density at radius 1 is 0.559 bits per heavy atom. The van der Waals surface area contributed by atoms with Gasteiger partial charge in [-0.3, -0.25) is 0 Å². The fourth-order valence-corrected chi connectivity index (χ4v) is 7.51. The Hall–Kier alpha value is -3.81. The van der Waals surface area contributed by atoms with Crippen LogP contribution in [0, 0.1) is 0 Å². The fraction of sp³-hybridized carbons (Fsp3) is 0.0667. The SMILES string of the molecule is COc1cccc(-c2cccc3cccc(P(=O)(c4ccccc4)c4ccccc4)c23)c1OC. The van der Waals surface area contributed by atoms with E-state index < -0.39 is 7.14 Å². The highest BCUT2D eigenvalue weighted by Gasteiger charge is 2.32. The molecule has 0 aliphatic rings. The van der Waals surface area contributed by atoms with E-state index in [9.17, 15) is 0 Å². The van der Waals surface area contributed by atoms with Crippen LogP contribution >= 0.6 is 7.14 Å². The van der Waals surface area contributed by atoms with Crippen LogP contribution in [0.25, 0.3) is 21.9 Å². The molecule has 0 aliphatic carbocycles. The zero-order valence-corrected chi connectivity index (χ0v) is 20.0. The lowest BCUT2D eigenvalue weighted by Crippen LogP contribution is -2.25. The summed E-state index contributed by atoms with van der Waals surface area (Å²) in [6, 6.07) is 37.6. The minimum Gasteiger partial charge on any atom is -0.493 e. The van der Waals surface area contributed by atoms with Crippen LogP contribution in [0.15, 0.2) is 115 Å². The van der Waals surface area contributed by atoms with E-state index >= 15 is 4.57 Å². The normalized spacial score (nSPS) is 11.4. The van der Waals surface area contributed by atoms with Gasteiger partial charge in [-0.2, -0.15) is 0 Å². The number of hydrogen-bond acceptors (Lipinski definition) is 3. The maximum absolute atomic E-state index is 15.2. The molecule has 0 fully saturated rings. The Balaban J connectivity index is 1.90. The van der Waals surface area contributed by atoms with E-state index in [4.69, 9.17) is 9.47 Å². The van der Waals surface area contributed by atoms with Crippen LogP contribution < -0.4 is 25.4 Å². The van der Waals surface area contributed by atoms with Crippen molar-refractivity contribution in [3.8, 4) is 22.6 Å². The maximum atomic E-state index is 15.2. The van der Waals surface area contributed by atoms with E-state index in [1.807, 2.05) is 97.1 Å². The zero-order chi connectivity index (χ0) is 23.5. The van der Waals surface area contributed by atoms with Crippen molar-refractivity contribution in [3.63, 3.8) is 0 Å². The first-order chi connectivity index (χ1) is 16.7. The molecule has 0 saturated carbocycles. The summed E-state index contributed by atoms with van der Waals surface area (Å²) in [4.78, 5) is 0. The third-order valence-corrected chi connectivity index (χ3v) is 9.26. The summed E-state index contributed by atoms with van der Waals surface area (Å²) in [5.74, 6) is 1.31. The molecule has 5 rings (SSSR count). The first-order valence-electron chi connectivity index (χ1n) is 11.1. The van der Waals surface area contributed by atoms with Gasteiger partial charge >= 0.3 is 0 Å². The summed E-state index contributed by atoms with van der Waals surface area (Å²) < 4.78 is 26.6. The van der Waals surface area contributed by atoms with Crippen molar-refractivity contribution in [2.45, 2.75) is 0 Å². The van der Waals surface area contributed by atoms with Crippen LogP contribution in [-0.4, -0.2) is 14.2 Å². The smallest absolute Gasteiger partial charge is 0.171 e. The molecule has 3 nitrogen and oxygen atoms in total. The van der Waals surface area contributed by atoms with Crippen LogP contribution in [-0.2, 0) is 4.57 Å². The first kappa shape index (κ1) is 22.0. The molecule has 5 aromatic rings. The van der Waals surface area contributed by atoms with E-state index in [0.717, 1.165) is 37.8 Å². The molecule has 0 atom stereocenters. The number of hydrogen-bond donors (Lipinski definition) is 0. The molecule has 0 amide bonds. The van der Waals surface area contributed by atoms with Crippen LogP contribution in [0.2, 0.25) is 0 Å². The highest BCUT2D eigenvalue weighted by Crippen LogP contribution is 2.47. The van der Waals surface area contributed by atoms with Gasteiger partial charge in [0.15, 0.2) is 18.6 Å². The lowest BCUT2D eigenvalue weighted by molar-refractivity contribution is 0.356. The second-order valence-corrected chi connectivity index (χ2v) is 10.7. The second kappa shape index (κ2) is 9.21. The van der Waals surface area contributed by atoms with Gasteiger partial charge in [0, 0.05) is 26.9 Å². The molecule has 34 heavy (non-hydrogen) atoms. The second-order valence-electron chi connectivity index (χ2n) is 8.00. The summed E-state index contributed by atoms with van der Waals surface area (Å²) in [5, 5.41) is 4.39. The van der Waals surface area contributed by atoms with Crippen LogP contribution in [0.3, 0.4) is 0 Å². The predicted octanol–water partition coefficient (Wildman–Crippen LogP) is 6.16. The molecular formula is C30H25O3P. The quantitative estimate of drug-likeness (QED) is 0.282. The van der Waals surface area contributed by atoms with Crippen molar-refractivity contribution in [2.24, 2.45) is 0 Å². The van der Waals surface area contributed by atoms with Gasteiger partial charge in [-0.25, -0.2) is 0 Å². The molecule has 0 N–H and O–H groups in total. The highest BCUT2D eigenvalue weighted by atomic mass is 31.2. The van der Waals surface area contributed by atoms with Gasteiger partial charge in [0.05, 0.1) is 14.2 Å². The minimum atomic E-state index is -3.18. The molecular weight excluding hydrogens is 439 g/mol. The summed E-state index contributed by atoms with van der Waals surface area (Å²) >= 11 is 0. The van der Waals surface area contributed by atoms with Gasteiger partial charge in [0.25, 0.3) is 0 Å². The molecule has 0 radical (unpaired) electrons. The van der Waals surface area contributed by atoms with Crippen LogP contribution in [0.5, 0.6) is 11.5 Å². The van der Waals surface area contributed by atoms with Gasteiger partial charge in [0.1, 0.15) is 0 Å². The Bertz CT molecular complexity index is 1450. The van der Waals surface area contributed by atoms with Gasteiger partial charge in [-0.15, -0.1) is 0 Å². The average Bonchev–Trinajstić information content (AvgIpc) is 2.92. The fourth-order valence-electron chi connectivity index (χ4n) is 4.61. The standard InChI is InChI=1S/C30H25O3P/c1-32-27-20-11-19-26(30(27)33-2)25-18-9-12-22-13-10-21-28(29(22)25)34(31,23-14-5-3-6-15-23)24-16-7-4-8-17-24/h3-21H,1-2H3. The lowest BCUT2D eigenvalue weighted by Gasteiger charge is -2.23. The maximum Gasteiger partial charge on any atom is 0.171 e. The van der Waals surface area contributed by atoms with Crippen molar-refractivity contribution in [2.75, 3.05) is 14.2 Å². The zero-order valence-electron chi connectivity index (χ0n) is 19.1. The van der Waals surface area contributed by atoms with Crippen molar-refractivity contribution in [1.29, 1.82) is 0 Å². The van der Waals surface area contributed by atoms with Crippen molar-refractivity contribution in [3.05, 3.63) is 115 Å². The van der Waals surface area contributed by atoms with E-state index in [-0.39, 0.29) is 0 Å². The van der Waals surface area contributed by atoms with E-state index in [1.54, 1.807) is 14.2 Å². The van der Waals surface area contributed by atoms with Gasteiger partial charge in [-0.05, 0) is 17.0 Å². The Morgan fingerprint density at radius 2 is 1.12 bits per heavy atom. The Labute approximate surface area is 200 Å². The number of rotatable bonds is 6. The molecule has 0 saturated heterocycles. The average molecular weight is 465 g/mol. The van der Waals surface area contributed by atoms with Gasteiger partial charge in [-0.1, -0.05) is 109 Å². The molecule has 4 heteroatoms. The monoisotopic (exact) mass is 464 g/mol. The molecule has 0 bridgehead atoms. The molecule has 0 aromatic heterocycles. The molecule has 0 spiro atoms. The third kappa shape index (κ3) is 3.59. The van der Waals surface area contributed by atoms with E-state index in [0.29, 0.717) is 11.5 Å². The number of para-hydroxylation sites is 1. The van der Waals surface area contributed by atoms with Gasteiger partial charge < -0.3 is 14.0 Å². The van der Waals surface area contributed by atoms with Crippen molar-refractivity contribution >= 4 is 33.8 Å². The lowest BCUT2D eigenvalue weighted by atomic mass is 9.97. The predicted molar refractivity (Wildman–Crippen MR) is 142 cm³/mol. The largest absolute Gasteiger partial charge is 0.493 e. The minimum absolute atomic E-state index is 0.654. The molecule has 168 valence electrons. The number of fused-ring (bicyclic) bond motifs is 1. The molecule has 5 aromatic carbocycles. The van der Waals surface area contributed by atoms with Crippen molar-refractivity contribution < 1.29 is 14.0 Å². The van der Waals surface area contributed by atoms with Crippen LogP contribution in [0.1, 0.15) is 0 Å². The molecule has 0 heterocycles. The summed E-state index contributed by atoms with van der Waals surface area (Å²) in [6.45, 7) is 0. The molecule has 0 unspecified atom stereocenters. The van der Waals surface area contributed by atoms with E-state index in [2.05, 4.69) is 18.2 Å². The summed E-state index contributed by atoms with van der Waals surface area (Å²) in [5.41, 5.74) is 1.85. The first-order valence-corrected chi connectivity index (χ1v) is 12.8. The van der Waals surface area contributed by atoms with E-state index in [1.165, 1.54) is 0 Å².